The second-order valence-corrected chi connectivity index (χ2v) is 7.32. The van der Waals surface area contributed by atoms with E-state index >= 15 is 0 Å². The summed E-state index contributed by atoms with van der Waals surface area (Å²) in [5, 5.41) is 3.45. The van der Waals surface area contributed by atoms with E-state index in [1.54, 1.807) is 11.1 Å². The van der Waals surface area contributed by atoms with Crippen LogP contribution in [0.25, 0.3) is 0 Å². The van der Waals surface area contributed by atoms with Crippen molar-refractivity contribution >= 4 is 5.96 Å². The zero-order chi connectivity index (χ0) is 14.9. The number of rotatable bonds is 3. The molecule has 0 bridgehead atoms. The van der Waals surface area contributed by atoms with Crippen molar-refractivity contribution < 1.29 is 0 Å². The van der Waals surface area contributed by atoms with E-state index in [0.29, 0.717) is 12.0 Å². The standard InChI is InChI=1S/C19H27N3/c20-19(22-14-8-3-1-2-4-9-14)21-12-17-16-11-13-7-5-6-10-15(13)18(16)17/h5-7,10,14,16-18H,1-4,8-9,11-12H2,(H3,20,21,22). The van der Waals surface area contributed by atoms with Gasteiger partial charge in [-0.05, 0) is 48.1 Å². The van der Waals surface area contributed by atoms with Gasteiger partial charge in [-0.2, -0.15) is 0 Å². The molecule has 3 unspecified atom stereocenters. The molecule has 2 fully saturated rings. The van der Waals surface area contributed by atoms with Crippen molar-refractivity contribution in [3.63, 3.8) is 0 Å². The molecule has 3 aliphatic rings. The first-order valence-electron chi connectivity index (χ1n) is 8.97. The normalized spacial score (nSPS) is 31.3. The molecule has 0 amide bonds. The lowest BCUT2D eigenvalue weighted by atomic mass is 10.0. The van der Waals surface area contributed by atoms with E-state index in [9.17, 15) is 0 Å². The third kappa shape index (κ3) is 2.73. The fourth-order valence-electron chi connectivity index (χ4n) is 4.62. The van der Waals surface area contributed by atoms with E-state index in [-0.39, 0.29) is 0 Å². The fourth-order valence-corrected chi connectivity index (χ4v) is 4.62. The summed E-state index contributed by atoms with van der Waals surface area (Å²) in [6, 6.07) is 9.46. The molecule has 22 heavy (non-hydrogen) atoms. The second-order valence-electron chi connectivity index (χ2n) is 7.32. The Balaban J connectivity index is 1.30. The Kier molecular flexibility index (Phi) is 3.81. The molecule has 0 aromatic heterocycles. The molecule has 1 aromatic carbocycles. The Morgan fingerprint density at radius 1 is 1.14 bits per heavy atom. The Bertz CT molecular complexity index is 558. The van der Waals surface area contributed by atoms with Gasteiger partial charge in [0.1, 0.15) is 0 Å². The summed E-state index contributed by atoms with van der Waals surface area (Å²) < 4.78 is 0. The lowest BCUT2D eigenvalue weighted by molar-refractivity contribution is 0.529. The van der Waals surface area contributed by atoms with Crippen LogP contribution in [0.3, 0.4) is 0 Å². The van der Waals surface area contributed by atoms with Crippen LogP contribution >= 0.6 is 0 Å². The summed E-state index contributed by atoms with van der Waals surface area (Å²) in [6.45, 7) is 0.898. The van der Waals surface area contributed by atoms with E-state index in [2.05, 4.69) is 34.6 Å². The molecule has 0 saturated heterocycles. The van der Waals surface area contributed by atoms with Gasteiger partial charge in [-0.3, -0.25) is 4.99 Å². The van der Waals surface area contributed by atoms with Crippen molar-refractivity contribution in [2.45, 2.75) is 56.9 Å². The van der Waals surface area contributed by atoms with Crippen LogP contribution < -0.4 is 11.1 Å². The van der Waals surface area contributed by atoms with Gasteiger partial charge in [0.15, 0.2) is 5.96 Å². The van der Waals surface area contributed by atoms with E-state index in [1.165, 1.54) is 44.9 Å². The quantitative estimate of drug-likeness (QED) is 0.511. The Morgan fingerprint density at radius 3 is 2.73 bits per heavy atom. The molecule has 3 heteroatoms. The fraction of sp³-hybridized carbons (Fsp3) is 0.632. The maximum atomic E-state index is 6.12. The molecular weight excluding hydrogens is 270 g/mol. The number of hydrogen-bond donors (Lipinski definition) is 2. The highest BCUT2D eigenvalue weighted by Crippen LogP contribution is 2.61. The monoisotopic (exact) mass is 297 g/mol. The van der Waals surface area contributed by atoms with Crippen molar-refractivity contribution in [3.8, 4) is 0 Å². The number of guanidine groups is 1. The van der Waals surface area contributed by atoms with Crippen molar-refractivity contribution in [1.82, 2.24) is 5.32 Å². The third-order valence-electron chi connectivity index (χ3n) is 5.88. The summed E-state index contributed by atoms with van der Waals surface area (Å²) in [4.78, 5) is 4.65. The maximum absolute atomic E-state index is 6.12. The minimum absolute atomic E-state index is 0.547. The highest BCUT2D eigenvalue weighted by Gasteiger charge is 2.54. The Hall–Kier alpha value is -1.51. The van der Waals surface area contributed by atoms with E-state index in [1.807, 2.05) is 0 Å². The summed E-state index contributed by atoms with van der Waals surface area (Å²) >= 11 is 0. The van der Waals surface area contributed by atoms with Gasteiger partial charge < -0.3 is 11.1 Å². The van der Waals surface area contributed by atoms with E-state index in [4.69, 9.17) is 5.73 Å². The molecule has 1 aromatic rings. The number of fused-ring (bicyclic) bond motifs is 3. The zero-order valence-electron chi connectivity index (χ0n) is 13.3. The van der Waals surface area contributed by atoms with Gasteiger partial charge in [0.05, 0.1) is 0 Å². The largest absolute Gasteiger partial charge is 0.370 e. The topological polar surface area (TPSA) is 50.4 Å². The summed E-state index contributed by atoms with van der Waals surface area (Å²) in [7, 11) is 0. The van der Waals surface area contributed by atoms with Gasteiger partial charge in [0, 0.05) is 12.6 Å². The van der Waals surface area contributed by atoms with Gasteiger partial charge in [0.25, 0.3) is 0 Å². The number of aliphatic imine (C=N–C) groups is 1. The van der Waals surface area contributed by atoms with Gasteiger partial charge in [0.2, 0.25) is 0 Å². The Labute approximate surface area is 133 Å². The highest BCUT2D eigenvalue weighted by atomic mass is 15.1. The van der Waals surface area contributed by atoms with Gasteiger partial charge in [-0.15, -0.1) is 0 Å². The first-order chi connectivity index (χ1) is 10.8. The van der Waals surface area contributed by atoms with Crippen LogP contribution in [0, 0.1) is 11.8 Å². The van der Waals surface area contributed by atoms with Crippen LogP contribution in [0.2, 0.25) is 0 Å². The lowest BCUT2D eigenvalue weighted by Gasteiger charge is -2.16. The third-order valence-corrected chi connectivity index (χ3v) is 5.88. The van der Waals surface area contributed by atoms with E-state index < -0.39 is 0 Å². The molecule has 2 saturated carbocycles. The average molecular weight is 297 g/mol. The van der Waals surface area contributed by atoms with Crippen molar-refractivity contribution in [2.24, 2.45) is 22.6 Å². The van der Waals surface area contributed by atoms with Gasteiger partial charge >= 0.3 is 0 Å². The minimum Gasteiger partial charge on any atom is -0.370 e. The average Bonchev–Trinajstić information content (AvgIpc) is 3.16. The Morgan fingerprint density at radius 2 is 1.91 bits per heavy atom. The number of nitrogens with zero attached hydrogens (tertiary/aromatic N) is 1. The van der Waals surface area contributed by atoms with Crippen LogP contribution in [-0.2, 0) is 6.42 Å². The summed E-state index contributed by atoms with van der Waals surface area (Å²) in [5.41, 5.74) is 9.25. The molecule has 0 heterocycles. The molecule has 0 aliphatic heterocycles. The maximum Gasteiger partial charge on any atom is 0.188 e. The first kappa shape index (κ1) is 14.1. The molecule has 0 spiro atoms. The number of hydrogen-bond acceptors (Lipinski definition) is 1. The number of benzene rings is 1. The molecule has 118 valence electrons. The molecular formula is C19H27N3. The molecule has 3 aliphatic carbocycles. The highest BCUT2D eigenvalue weighted by molar-refractivity contribution is 5.78. The molecule has 0 radical (unpaired) electrons. The summed E-state index contributed by atoms with van der Waals surface area (Å²) in [6.07, 6.45) is 9.15. The molecule has 3 nitrogen and oxygen atoms in total. The van der Waals surface area contributed by atoms with Crippen LogP contribution in [0.5, 0.6) is 0 Å². The second kappa shape index (κ2) is 5.94. The molecule has 3 N–H and O–H groups in total. The first-order valence-corrected chi connectivity index (χ1v) is 8.97. The van der Waals surface area contributed by atoms with Gasteiger partial charge in [-0.1, -0.05) is 49.9 Å². The summed E-state index contributed by atoms with van der Waals surface area (Å²) in [5.74, 6) is 2.98. The molecule has 3 atom stereocenters. The van der Waals surface area contributed by atoms with Crippen molar-refractivity contribution in [3.05, 3.63) is 35.4 Å². The van der Waals surface area contributed by atoms with Crippen LogP contribution in [0.1, 0.15) is 55.6 Å². The number of nitrogens with two attached hydrogens (primary N) is 1. The smallest absolute Gasteiger partial charge is 0.188 e. The number of nitrogens with one attached hydrogen (secondary N) is 1. The SMILES string of the molecule is NC(=NCC1C2Cc3ccccc3C12)NC1CCCCCC1. The predicted octanol–water partition coefficient (Wildman–Crippen LogP) is 3.20. The lowest BCUT2D eigenvalue weighted by Crippen LogP contribution is -2.40. The van der Waals surface area contributed by atoms with Crippen molar-refractivity contribution in [2.75, 3.05) is 6.54 Å². The van der Waals surface area contributed by atoms with Crippen molar-refractivity contribution in [1.29, 1.82) is 0 Å². The van der Waals surface area contributed by atoms with Gasteiger partial charge in [-0.25, -0.2) is 0 Å². The predicted molar refractivity (Wildman–Crippen MR) is 91.0 cm³/mol. The molecule has 4 rings (SSSR count). The van der Waals surface area contributed by atoms with Crippen LogP contribution in [0.15, 0.2) is 29.3 Å². The minimum atomic E-state index is 0.547. The zero-order valence-corrected chi connectivity index (χ0v) is 13.3. The van der Waals surface area contributed by atoms with Crippen LogP contribution in [0.4, 0.5) is 0 Å². The van der Waals surface area contributed by atoms with Crippen LogP contribution in [-0.4, -0.2) is 18.5 Å². The van der Waals surface area contributed by atoms with E-state index in [0.717, 1.165) is 24.3 Å².